The highest BCUT2D eigenvalue weighted by atomic mass is 15.2. The third kappa shape index (κ3) is 2.80. The highest BCUT2D eigenvalue weighted by molar-refractivity contribution is 5.13. The molecule has 1 aromatic rings. The van der Waals surface area contributed by atoms with Gasteiger partial charge in [0, 0.05) is 25.3 Å². The number of nitrogens with zero attached hydrogens (tertiary/aromatic N) is 2. The van der Waals surface area contributed by atoms with Crippen molar-refractivity contribution in [2.75, 3.05) is 6.54 Å². The van der Waals surface area contributed by atoms with E-state index in [-0.39, 0.29) is 0 Å². The van der Waals surface area contributed by atoms with E-state index in [0.29, 0.717) is 12.6 Å². The highest BCUT2D eigenvalue weighted by Gasteiger charge is 2.18. The van der Waals surface area contributed by atoms with Gasteiger partial charge < -0.3 is 5.73 Å². The Kier molecular flexibility index (Phi) is 3.91. The molecule has 1 saturated heterocycles. The molecule has 0 bridgehead atoms. The van der Waals surface area contributed by atoms with Gasteiger partial charge in [0.15, 0.2) is 0 Å². The molecule has 2 N–H and O–H groups in total. The predicted octanol–water partition coefficient (Wildman–Crippen LogP) is 1.91. The Labute approximate surface area is 97.7 Å². The summed E-state index contributed by atoms with van der Waals surface area (Å²) in [4.78, 5) is 6.98. The quantitative estimate of drug-likeness (QED) is 0.844. The minimum atomic E-state index is 0.577. The van der Waals surface area contributed by atoms with Crippen LogP contribution >= 0.6 is 0 Å². The monoisotopic (exact) mass is 219 g/mol. The van der Waals surface area contributed by atoms with E-state index in [1.807, 2.05) is 6.20 Å². The molecule has 0 spiro atoms. The van der Waals surface area contributed by atoms with E-state index in [9.17, 15) is 0 Å². The van der Waals surface area contributed by atoms with Crippen LogP contribution in [-0.2, 0) is 13.1 Å². The number of aromatic nitrogens is 1. The van der Waals surface area contributed by atoms with Crippen molar-refractivity contribution in [1.29, 1.82) is 0 Å². The summed E-state index contributed by atoms with van der Waals surface area (Å²) in [5, 5.41) is 0. The first kappa shape index (κ1) is 11.6. The van der Waals surface area contributed by atoms with Gasteiger partial charge in [-0.05, 0) is 37.9 Å². The molecular formula is C13H21N3. The van der Waals surface area contributed by atoms with Crippen molar-refractivity contribution in [1.82, 2.24) is 9.88 Å². The summed E-state index contributed by atoms with van der Waals surface area (Å²) in [5.74, 6) is 0. The third-order valence-electron chi connectivity index (χ3n) is 3.43. The van der Waals surface area contributed by atoms with Crippen LogP contribution in [0.1, 0.15) is 37.4 Å². The number of piperidine rings is 1. The molecule has 0 radical (unpaired) electrons. The summed E-state index contributed by atoms with van der Waals surface area (Å²) < 4.78 is 0. The van der Waals surface area contributed by atoms with Gasteiger partial charge in [0.05, 0.1) is 5.69 Å². The summed E-state index contributed by atoms with van der Waals surface area (Å²) in [6.07, 6.45) is 5.91. The van der Waals surface area contributed by atoms with Gasteiger partial charge in [0.2, 0.25) is 0 Å². The van der Waals surface area contributed by atoms with Gasteiger partial charge in [-0.2, -0.15) is 0 Å². The normalized spacial score (nSPS) is 22.2. The van der Waals surface area contributed by atoms with Gasteiger partial charge in [-0.15, -0.1) is 0 Å². The molecule has 1 unspecified atom stereocenters. The van der Waals surface area contributed by atoms with Gasteiger partial charge in [0.1, 0.15) is 0 Å². The lowest BCUT2D eigenvalue weighted by molar-refractivity contribution is 0.151. The van der Waals surface area contributed by atoms with Crippen LogP contribution in [0.2, 0.25) is 0 Å². The smallest absolute Gasteiger partial charge is 0.0544 e. The first-order valence-electron chi connectivity index (χ1n) is 6.17. The fourth-order valence-corrected chi connectivity index (χ4v) is 2.27. The molecule has 0 amide bonds. The van der Waals surface area contributed by atoms with Crippen molar-refractivity contribution in [2.24, 2.45) is 5.73 Å². The van der Waals surface area contributed by atoms with Crippen molar-refractivity contribution >= 4 is 0 Å². The van der Waals surface area contributed by atoms with Gasteiger partial charge >= 0.3 is 0 Å². The molecular weight excluding hydrogens is 198 g/mol. The van der Waals surface area contributed by atoms with Crippen LogP contribution in [0, 0.1) is 0 Å². The average molecular weight is 219 g/mol. The van der Waals surface area contributed by atoms with Crippen LogP contribution in [0.25, 0.3) is 0 Å². The molecule has 2 rings (SSSR count). The van der Waals surface area contributed by atoms with Crippen LogP contribution in [-0.4, -0.2) is 22.5 Å². The number of pyridine rings is 1. The third-order valence-corrected chi connectivity index (χ3v) is 3.43. The molecule has 0 aromatic carbocycles. The van der Waals surface area contributed by atoms with Gasteiger partial charge in [-0.1, -0.05) is 12.5 Å². The van der Waals surface area contributed by atoms with E-state index >= 15 is 0 Å². The number of rotatable bonds is 3. The van der Waals surface area contributed by atoms with Crippen molar-refractivity contribution in [3.05, 3.63) is 29.6 Å². The van der Waals surface area contributed by atoms with Crippen molar-refractivity contribution in [3.8, 4) is 0 Å². The second-order valence-electron chi connectivity index (χ2n) is 4.68. The summed E-state index contributed by atoms with van der Waals surface area (Å²) in [7, 11) is 0. The minimum Gasteiger partial charge on any atom is -0.326 e. The zero-order valence-electron chi connectivity index (χ0n) is 10.0. The lowest BCUT2D eigenvalue weighted by Crippen LogP contribution is -2.36. The minimum absolute atomic E-state index is 0.577. The molecule has 2 heterocycles. The number of likely N-dealkylation sites (tertiary alicyclic amines) is 1. The predicted molar refractivity (Wildman–Crippen MR) is 65.9 cm³/mol. The largest absolute Gasteiger partial charge is 0.326 e. The first-order valence-corrected chi connectivity index (χ1v) is 6.17. The molecule has 1 aliphatic heterocycles. The van der Waals surface area contributed by atoms with Gasteiger partial charge in [0.25, 0.3) is 0 Å². The molecule has 1 aromatic heterocycles. The Balaban J connectivity index is 1.96. The van der Waals surface area contributed by atoms with Crippen LogP contribution in [0.3, 0.4) is 0 Å². The van der Waals surface area contributed by atoms with Crippen LogP contribution in [0.5, 0.6) is 0 Å². The summed E-state index contributed by atoms with van der Waals surface area (Å²) in [6, 6.07) is 4.88. The molecule has 3 heteroatoms. The van der Waals surface area contributed by atoms with Crippen LogP contribution in [0.15, 0.2) is 18.3 Å². The Morgan fingerprint density at radius 1 is 1.44 bits per heavy atom. The van der Waals surface area contributed by atoms with E-state index in [1.54, 1.807) is 0 Å². The van der Waals surface area contributed by atoms with Crippen LogP contribution in [0.4, 0.5) is 0 Å². The van der Waals surface area contributed by atoms with E-state index in [0.717, 1.165) is 17.8 Å². The van der Waals surface area contributed by atoms with E-state index in [2.05, 4.69) is 28.9 Å². The van der Waals surface area contributed by atoms with E-state index in [4.69, 9.17) is 5.73 Å². The Morgan fingerprint density at radius 2 is 2.31 bits per heavy atom. The Morgan fingerprint density at radius 3 is 2.94 bits per heavy atom. The fraction of sp³-hybridized carbons (Fsp3) is 0.615. The van der Waals surface area contributed by atoms with Gasteiger partial charge in [-0.25, -0.2) is 0 Å². The SMILES string of the molecule is CC1CCCCN1Cc1ccc(CN)cn1. The van der Waals surface area contributed by atoms with Crippen LogP contribution < -0.4 is 5.73 Å². The van der Waals surface area contributed by atoms with Crippen molar-refractivity contribution < 1.29 is 0 Å². The second kappa shape index (κ2) is 5.41. The summed E-state index contributed by atoms with van der Waals surface area (Å²) >= 11 is 0. The number of hydrogen-bond donors (Lipinski definition) is 1. The molecule has 0 saturated carbocycles. The second-order valence-corrected chi connectivity index (χ2v) is 4.68. The maximum absolute atomic E-state index is 5.56. The molecule has 3 nitrogen and oxygen atoms in total. The first-order chi connectivity index (χ1) is 7.79. The average Bonchev–Trinajstić information content (AvgIpc) is 2.33. The molecule has 88 valence electrons. The lowest BCUT2D eigenvalue weighted by atomic mass is 10.0. The number of hydrogen-bond acceptors (Lipinski definition) is 3. The van der Waals surface area contributed by atoms with E-state index < -0.39 is 0 Å². The number of nitrogens with two attached hydrogens (primary N) is 1. The molecule has 1 atom stereocenters. The fourth-order valence-electron chi connectivity index (χ4n) is 2.27. The lowest BCUT2D eigenvalue weighted by Gasteiger charge is -2.32. The van der Waals surface area contributed by atoms with E-state index in [1.165, 1.54) is 25.8 Å². The molecule has 1 aliphatic rings. The van der Waals surface area contributed by atoms with Crippen molar-refractivity contribution in [3.63, 3.8) is 0 Å². The molecule has 16 heavy (non-hydrogen) atoms. The zero-order valence-corrected chi connectivity index (χ0v) is 10.0. The maximum Gasteiger partial charge on any atom is 0.0544 e. The Bertz CT molecular complexity index is 320. The zero-order chi connectivity index (χ0) is 11.4. The highest BCUT2D eigenvalue weighted by Crippen LogP contribution is 2.18. The molecule has 0 aliphatic carbocycles. The van der Waals surface area contributed by atoms with Crippen molar-refractivity contribution in [2.45, 2.75) is 45.3 Å². The van der Waals surface area contributed by atoms with Gasteiger partial charge in [-0.3, -0.25) is 9.88 Å². The Hall–Kier alpha value is -0.930. The topological polar surface area (TPSA) is 42.1 Å². The maximum atomic E-state index is 5.56. The summed E-state index contributed by atoms with van der Waals surface area (Å²) in [6.45, 7) is 5.08. The standard InChI is InChI=1S/C13H21N3/c1-11-4-2-3-7-16(11)10-13-6-5-12(8-14)9-15-13/h5-6,9,11H,2-4,7-8,10,14H2,1H3. The summed E-state index contributed by atoms with van der Waals surface area (Å²) in [5.41, 5.74) is 7.82. The molecule has 1 fully saturated rings.